The van der Waals surface area contributed by atoms with E-state index in [1.54, 1.807) is 41.5 Å². The Morgan fingerprint density at radius 2 is 1.34 bits per heavy atom. The summed E-state index contributed by atoms with van der Waals surface area (Å²) in [4.78, 5) is 98.6. The van der Waals surface area contributed by atoms with E-state index in [1.165, 1.54) is 16.8 Å². The number of likely N-dealkylation sites (N-methyl/N-ethyl adjacent to an activating group) is 1. The van der Waals surface area contributed by atoms with Crippen molar-refractivity contribution in [2.75, 3.05) is 13.6 Å². The fraction of sp³-hybridized carbons (Fsp3) is 0.587. The predicted molar refractivity (Wildman–Crippen MR) is 232 cm³/mol. The van der Waals surface area contributed by atoms with Crippen molar-refractivity contribution in [3.05, 3.63) is 71.8 Å². The first-order valence-corrected chi connectivity index (χ1v) is 21.4. The van der Waals surface area contributed by atoms with Crippen molar-refractivity contribution in [3.63, 3.8) is 0 Å². The van der Waals surface area contributed by atoms with Crippen LogP contribution in [0.25, 0.3) is 0 Å². The van der Waals surface area contributed by atoms with Crippen LogP contribution < -0.4 is 21.3 Å². The third-order valence-corrected chi connectivity index (χ3v) is 10.8. The van der Waals surface area contributed by atoms with Gasteiger partial charge in [0.05, 0.1) is 0 Å². The highest BCUT2D eigenvalue weighted by atomic mass is 16.6. The Morgan fingerprint density at radius 1 is 0.787 bits per heavy atom. The number of nitrogens with zero attached hydrogens (tertiary/aromatic N) is 2. The predicted octanol–water partition coefficient (Wildman–Crippen LogP) is 4.47. The third-order valence-electron chi connectivity index (χ3n) is 10.8. The molecular formula is C46H68N6O9. The van der Waals surface area contributed by atoms with E-state index in [-0.39, 0.29) is 37.6 Å². The van der Waals surface area contributed by atoms with Crippen LogP contribution >= 0.6 is 0 Å². The fourth-order valence-corrected chi connectivity index (χ4v) is 7.30. The summed E-state index contributed by atoms with van der Waals surface area (Å²) < 4.78 is 5.50. The van der Waals surface area contributed by atoms with Gasteiger partial charge in [-0.2, -0.15) is 0 Å². The molecule has 0 spiro atoms. The van der Waals surface area contributed by atoms with Gasteiger partial charge in [0.1, 0.15) is 41.9 Å². The van der Waals surface area contributed by atoms with Crippen LogP contribution in [0.15, 0.2) is 60.7 Å². The van der Waals surface area contributed by atoms with Crippen molar-refractivity contribution in [2.24, 2.45) is 17.8 Å². The Bertz CT molecular complexity index is 1800. The molecule has 1 aliphatic heterocycles. The normalized spacial score (nSPS) is 17.0. The number of ether oxygens (including phenoxy) is 1. The zero-order valence-electron chi connectivity index (χ0n) is 37.5. The van der Waals surface area contributed by atoms with E-state index in [9.17, 15) is 38.7 Å². The highest BCUT2D eigenvalue weighted by Crippen LogP contribution is 2.24. The third kappa shape index (κ3) is 15.2. The van der Waals surface area contributed by atoms with E-state index in [0.717, 1.165) is 11.1 Å². The van der Waals surface area contributed by atoms with Gasteiger partial charge >= 0.3 is 12.1 Å². The van der Waals surface area contributed by atoms with E-state index < -0.39 is 89.4 Å². The smallest absolute Gasteiger partial charge is 0.408 e. The number of hydrogen-bond acceptors (Lipinski definition) is 8. The molecule has 1 heterocycles. The number of carboxylic acid groups (broad SMARTS) is 1. The Labute approximate surface area is 361 Å². The molecule has 0 aromatic heterocycles. The number of carboxylic acids is 1. The SMILES string of the molecule is CC[C@H](C)[C@H](NC(=O)[C@@H]1CCCN1C(=O)[C@H](Cc1ccccc1)N(C)C(=O)[C@H](Cc1ccccc1)NC(=O)OC(C)(C)C)C(=O)N[C@H](C(=O)N[C@@H](CC(C)C)C(=O)O)C(C)C. The molecule has 2 aromatic rings. The lowest BCUT2D eigenvalue weighted by atomic mass is 9.95. The second-order valence-corrected chi connectivity index (χ2v) is 17.9. The Balaban J connectivity index is 1.91. The number of benzene rings is 2. The van der Waals surface area contributed by atoms with Crippen molar-refractivity contribution in [2.45, 2.75) is 143 Å². The van der Waals surface area contributed by atoms with Crippen LogP contribution in [0.1, 0.15) is 99.1 Å². The van der Waals surface area contributed by atoms with Crippen molar-refractivity contribution in [1.29, 1.82) is 0 Å². The number of carbonyl (C=O) groups is 7. The van der Waals surface area contributed by atoms with Gasteiger partial charge in [0.25, 0.3) is 0 Å². The Kier molecular flexibility index (Phi) is 18.8. The van der Waals surface area contributed by atoms with E-state index in [0.29, 0.717) is 19.3 Å². The summed E-state index contributed by atoms with van der Waals surface area (Å²) in [6.07, 6.45) is 0.959. The number of hydrogen-bond donors (Lipinski definition) is 5. The van der Waals surface area contributed by atoms with Crippen LogP contribution in [-0.2, 0) is 46.3 Å². The number of carbonyl (C=O) groups excluding carboxylic acids is 6. The zero-order chi connectivity index (χ0) is 45.6. The second-order valence-electron chi connectivity index (χ2n) is 17.9. The first kappa shape index (κ1) is 49.9. The number of rotatable bonds is 20. The molecular weight excluding hydrogens is 781 g/mol. The first-order chi connectivity index (χ1) is 28.6. The van der Waals surface area contributed by atoms with Crippen molar-refractivity contribution >= 4 is 41.6 Å². The molecule has 5 N–H and O–H groups in total. The van der Waals surface area contributed by atoms with Gasteiger partial charge in [-0.25, -0.2) is 9.59 Å². The summed E-state index contributed by atoms with van der Waals surface area (Å²) in [7, 11) is 1.51. The maximum absolute atomic E-state index is 14.8. The van der Waals surface area contributed by atoms with Crippen LogP contribution in [0, 0.1) is 17.8 Å². The molecule has 0 aliphatic carbocycles. The van der Waals surface area contributed by atoms with Gasteiger partial charge in [0.2, 0.25) is 29.5 Å². The van der Waals surface area contributed by atoms with Gasteiger partial charge in [-0.1, -0.05) is 109 Å². The highest BCUT2D eigenvalue weighted by Gasteiger charge is 2.42. The second kappa shape index (κ2) is 22.9. The van der Waals surface area contributed by atoms with Gasteiger partial charge in [0, 0.05) is 26.4 Å². The van der Waals surface area contributed by atoms with Crippen molar-refractivity contribution in [3.8, 4) is 0 Å². The van der Waals surface area contributed by atoms with Crippen LogP contribution in [0.3, 0.4) is 0 Å². The lowest BCUT2D eigenvalue weighted by Gasteiger charge is -2.36. The summed E-state index contributed by atoms with van der Waals surface area (Å²) in [6.45, 7) is 16.2. The van der Waals surface area contributed by atoms with Gasteiger partial charge < -0.3 is 40.9 Å². The quantitative estimate of drug-likeness (QED) is 0.127. The molecule has 1 saturated heterocycles. The summed E-state index contributed by atoms with van der Waals surface area (Å²) in [5, 5.41) is 20.6. The lowest BCUT2D eigenvalue weighted by molar-refractivity contribution is -0.148. The Morgan fingerprint density at radius 3 is 1.85 bits per heavy atom. The molecule has 0 radical (unpaired) electrons. The molecule has 3 rings (SSSR count). The van der Waals surface area contributed by atoms with E-state index >= 15 is 0 Å². The van der Waals surface area contributed by atoms with Crippen LogP contribution in [0.4, 0.5) is 4.79 Å². The van der Waals surface area contributed by atoms with Gasteiger partial charge in [-0.05, 0) is 68.9 Å². The molecule has 15 nitrogen and oxygen atoms in total. The van der Waals surface area contributed by atoms with Crippen molar-refractivity contribution < 1.29 is 43.4 Å². The molecule has 61 heavy (non-hydrogen) atoms. The summed E-state index contributed by atoms with van der Waals surface area (Å²) in [6, 6.07) is 11.9. The molecule has 1 aliphatic rings. The summed E-state index contributed by atoms with van der Waals surface area (Å²) >= 11 is 0. The minimum Gasteiger partial charge on any atom is -0.480 e. The number of aliphatic carboxylic acids is 1. The first-order valence-electron chi connectivity index (χ1n) is 21.4. The average Bonchev–Trinajstić information content (AvgIpc) is 3.69. The zero-order valence-corrected chi connectivity index (χ0v) is 37.5. The maximum Gasteiger partial charge on any atom is 0.408 e. The van der Waals surface area contributed by atoms with Gasteiger partial charge in [-0.3, -0.25) is 24.0 Å². The molecule has 2 aromatic carbocycles. The Hall–Kier alpha value is -5.47. The largest absolute Gasteiger partial charge is 0.480 e. The van der Waals surface area contributed by atoms with E-state index in [4.69, 9.17) is 4.74 Å². The number of alkyl carbamates (subject to hydrolysis) is 1. The number of likely N-dealkylation sites (tertiary alicyclic amines) is 1. The minimum absolute atomic E-state index is 0.00671. The average molecular weight is 849 g/mol. The lowest BCUT2D eigenvalue weighted by Crippen LogP contribution is -2.61. The van der Waals surface area contributed by atoms with Gasteiger partial charge in [-0.15, -0.1) is 0 Å². The fourth-order valence-electron chi connectivity index (χ4n) is 7.30. The molecule has 1 fully saturated rings. The molecule has 0 saturated carbocycles. The maximum atomic E-state index is 14.8. The number of nitrogens with one attached hydrogen (secondary N) is 4. The van der Waals surface area contributed by atoms with Crippen molar-refractivity contribution in [1.82, 2.24) is 31.1 Å². The van der Waals surface area contributed by atoms with E-state index in [2.05, 4.69) is 21.3 Å². The monoisotopic (exact) mass is 849 g/mol. The molecule has 336 valence electrons. The molecule has 0 bridgehead atoms. The summed E-state index contributed by atoms with van der Waals surface area (Å²) in [5.41, 5.74) is 0.728. The number of amides is 6. The van der Waals surface area contributed by atoms with Gasteiger partial charge in [0.15, 0.2) is 0 Å². The molecule has 15 heteroatoms. The molecule has 6 amide bonds. The van der Waals surface area contributed by atoms with Crippen LogP contribution in [0.5, 0.6) is 0 Å². The van der Waals surface area contributed by atoms with Crippen LogP contribution in [0.2, 0.25) is 0 Å². The van der Waals surface area contributed by atoms with E-state index in [1.807, 2.05) is 81.4 Å². The molecule has 7 atom stereocenters. The topological polar surface area (TPSA) is 204 Å². The minimum atomic E-state index is -1.18. The van der Waals surface area contributed by atoms with Crippen LogP contribution in [-0.4, -0.2) is 112 Å². The highest BCUT2D eigenvalue weighted by molar-refractivity contribution is 5.97. The standard InChI is InChI=1S/C46H68N6O9/c1-11-30(6)38(41(55)49-37(29(4)5)40(54)47-34(44(58)59)25-28(2)3)50-39(53)35-23-18-24-52(35)43(57)36(27-32-21-16-13-17-22-32)51(10)42(56)33(26-31-19-14-12-15-20-31)48-45(60)61-46(7,8)9/h12-17,19-22,28-30,33-38H,11,18,23-27H2,1-10H3,(H,47,54)(H,48,60)(H,49,55)(H,50,53)(H,58,59)/t30-,33-,34-,35-,36-,37-,38-/m0/s1. The molecule has 0 unspecified atom stereocenters. The summed E-state index contributed by atoms with van der Waals surface area (Å²) in [5.74, 6) is -4.79.